The first-order chi connectivity index (χ1) is 15.0. The highest BCUT2D eigenvalue weighted by molar-refractivity contribution is 5.94. The molecule has 166 valence electrons. The van der Waals surface area contributed by atoms with Gasteiger partial charge < -0.3 is 24.8 Å². The van der Waals surface area contributed by atoms with Gasteiger partial charge in [0, 0.05) is 42.5 Å². The number of piperidine rings is 1. The van der Waals surface area contributed by atoms with Gasteiger partial charge in [0.25, 0.3) is 5.91 Å². The normalized spacial score (nSPS) is 14.5. The number of nitrogens with one attached hydrogen (secondary N) is 2. The van der Waals surface area contributed by atoms with E-state index in [1.165, 1.54) is 21.3 Å². The van der Waals surface area contributed by atoms with Gasteiger partial charge in [0.2, 0.25) is 11.7 Å². The lowest BCUT2D eigenvalue weighted by atomic mass is 10.0. The van der Waals surface area contributed by atoms with Crippen molar-refractivity contribution >= 4 is 17.5 Å². The number of likely N-dealkylation sites (tertiary alicyclic amines) is 1. The molecule has 2 amide bonds. The molecule has 1 aliphatic rings. The number of benzene rings is 2. The molecule has 1 heterocycles. The molecule has 0 atom stereocenters. The van der Waals surface area contributed by atoms with Crippen LogP contribution in [-0.4, -0.2) is 63.7 Å². The molecular formula is C23H29N3O5. The second-order valence-corrected chi connectivity index (χ2v) is 7.35. The highest BCUT2D eigenvalue weighted by atomic mass is 16.5. The van der Waals surface area contributed by atoms with Crippen LogP contribution in [-0.2, 0) is 4.79 Å². The molecule has 0 spiro atoms. The minimum absolute atomic E-state index is 0.0563. The zero-order chi connectivity index (χ0) is 22.2. The number of amides is 2. The van der Waals surface area contributed by atoms with E-state index in [9.17, 15) is 9.59 Å². The summed E-state index contributed by atoms with van der Waals surface area (Å²) in [6.45, 7) is 1.75. The molecule has 2 aromatic rings. The molecule has 1 saturated heterocycles. The van der Waals surface area contributed by atoms with Gasteiger partial charge in [-0.3, -0.25) is 14.5 Å². The molecule has 8 nitrogen and oxygen atoms in total. The standard InChI is InChI=1S/C23H29N3O5/c1-29-19-13-18(14-20(30-2)22(19)31-3)24-21(27)15-26-11-9-17(10-12-26)25-23(28)16-7-5-4-6-8-16/h4-8,13-14,17H,9-12,15H2,1-3H3,(H,24,27)(H,25,28). The Kier molecular flexibility index (Phi) is 7.72. The third-order valence-electron chi connectivity index (χ3n) is 5.27. The average molecular weight is 428 g/mol. The lowest BCUT2D eigenvalue weighted by Gasteiger charge is -2.31. The fraction of sp³-hybridized carbons (Fsp3) is 0.391. The summed E-state index contributed by atoms with van der Waals surface area (Å²) < 4.78 is 16.0. The highest BCUT2D eigenvalue weighted by Crippen LogP contribution is 2.39. The van der Waals surface area contributed by atoms with Gasteiger partial charge in [0.15, 0.2) is 11.5 Å². The topological polar surface area (TPSA) is 89.1 Å². The minimum Gasteiger partial charge on any atom is -0.493 e. The molecule has 0 saturated carbocycles. The summed E-state index contributed by atoms with van der Waals surface area (Å²) in [5, 5.41) is 5.97. The molecule has 0 aromatic heterocycles. The van der Waals surface area contributed by atoms with Crippen molar-refractivity contribution in [1.82, 2.24) is 10.2 Å². The third-order valence-corrected chi connectivity index (χ3v) is 5.27. The first-order valence-corrected chi connectivity index (χ1v) is 10.2. The maximum absolute atomic E-state index is 12.5. The summed E-state index contributed by atoms with van der Waals surface area (Å²) in [6, 6.07) is 12.7. The second kappa shape index (κ2) is 10.7. The maximum atomic E-state index is 12.5. The zero-order valence-corrected chi connectivity index (χ0v) is 18.1. The molecule has 2 aromatic carbocycles. The number of methoxy groups -OCH3 is 3. The lowest BCUT2D eigenvalue weighted by molar-refractivity contribution is -0.117. The van der Waals surface area contributed by atoms with Gasteiger partial charge in [-0.1, -0.05) is 18.2 Å². The number of carbonyl (C=O) groups is 2. The van der Waals surface area contributed by atoms with Gasteiger partial charge >= 0.3 is 0 Å². The number of ether oxygens (including phenoxy) is 3. The molecule has 0 bridgehead atoms. The molecule has 0 radical (unpaired) electrons. The van der Waals surface area contributed by atoms with Crippen LogP contribution >= 0.6 is 0 Å². The first-order valence-electron chi connectivity index (χ1n) is 10.2. The lowest BCUT2D eigenvalue weighted by Crippen LogP contribution is -2.46. The minimum atomic E-state index is -0.124. The molecule has 3 rings (SSSR count). The Hall–Kier alpha value is -3.26. The largest absolute Gasteiger partial charge is 0.493 e. The van der Waals surface area contributed by atoms with Crippen LogP contribution in [0, 0.1) is 0 Å². The Labute approximate surface area is 182 Å². The third kappa shape index (κ3) is 5.88. The van der Waals surface area contributed by atoms with E-state index in [4.69, 9.17) is 14.2 Å². The van der Waals surface area contributed by atoms with Crippen molar-refractivity contribution in [3.63, 3.8) is 0 Å². The number of carbonyl (C=O) groups excluding carboxylic acids is 2. The Balaban J connectivity index is 1.50. The molecule has 0 aliphatic carbocycles. The van der Waals surface area contributed by atoms with Crippen LogP contribution in [0.5, 0.6) is 17.2 Å². The highest BCUT2D eigenvalue weighted by Gasteiger charge is 2.23. The fourth-order valence-electron chi connectivity index (χ4n) is 3.65. The summed E-state index contributed by atoms with van der Waals surface area (Å²) in [5.41, 5.74) is 1.24. The van der Waals surface area contributed by atoms with Crippen molar-refractivity contribution in [1.29, 1.82) is 0 Å². The summed E-state index contributed by atoms with van der Waals surface area (Å²) >= 11 is 0. The van der Waals surface area contributed by atoms with E-state index in [-0.39, 0.29) is 24.4 Å². The maximum Gasteiger partial charge on any atom is 0.251 e. The van der Waals surface area contributed by atoms with Crippen LogP contribution in [0.15, 0.2) is 42.5 Å². The van der Waals surface area contributed by atoms with E-state index in [1.54, 1.807) is 24.3 Å². The Bertz CT molecular complexity index is 870. The smallest absolute Gasteiger partial charge is 0.251 e. The van der Waals surface area contributed by atoms with Crippen LogP contribution in [0.1, 0.15) is 23.2 Å². The summed E-state index contributed by atoms with van der Waals surface area (Å²) in [4.78, 5) is 26.9. The molecule has 1 fully saturated rings. The fourth-order valence-corrected chi connectivity index (χ4v) is 3.65. The van der Waals surface area contributed by atoms with Crippen molar-refractivity contribution in [3.8, 4) is 17.2 Å². The number of hydrogen-bond acceptors (Lipinski definition) is 6. The second-order valence-electron chi connectivity index (χ2n) is 7.35. The Morgan fingerprint density at radius 1 is 0.968 bits per heavy atom. The van der Waals surface area contributed by atoms with E-state index in [0.29, 0.717) is 28.5 Å². The number of rotatable bonds is 8. The van der Waals surface area contributed by atoms with Crippen LogP contribution in [0.2, 0.25) is 0 Å². The summed E-state index contributed by atoms with van der Waals surface area (Å²) in [5.74, 6) is 1.25. The predicted octanol–water partition coefficient (Wildman–Crippen LogP) is 2.55. The van der Waals surface area contributed by atoms with E-state index >= 15 is 0 Å². The molecule has 1 aliphatic heterocycles. The molecule has 0 unspecified atom stereocenters. The van der Waals surface area contributed by atoms with E-state index in [0.717, 1.165) is 25.9 Å². The molecule has 2 N–H and O–H groups in total. The van der Waals surface area contributed by atoms with Crippen LogP contribution in [0.4, 0.5) is 5.69 Å². The number of nitrogens with zero attached hydrogens (tertiary/aromatic N) is 1. The number of hydrogen-bond donors (Lipinski definition) is 2. The van der Waals surface area contributed by atoms with Crippen LogP contribution in [0.25, 0.3) is 0 Å². The quantitative estimate of drug-likeness (QED) is 0.673. The van der Waals surface area contributed by atoms with E-state index in [1.807, 2.05) is 18.2 Å². The van der Waals surface area contributed by atoms with Gasteiger partial charge in [-0.15, -0.1) is 0 Å². The van der Waals surface area contributed by atoms with Crippen molar-refractivity contribution in [3.05, 3.63) is 48.0 Å². The average Bonchev–Trinajstić information content (AvgIpc) is 2.80. The van der Waals surface area contributed by atoms with Gasteiger partial charge in [-0.2, -0.15) is 0 Å². The van der Waals surface area contributed by atoms with Gasteiger partial charge in [-0.25, -0.2) is 0 Å². The molecule has 31 heavy (non-hydrogen) atoms. The molecular weight excluding hydrogens is 398 g/mol. The molecule has 8 heteroatoms. The Morgan fingerprint density at radius 3 is 2.13 bits per heavy atom. The first kappa shape index (κ1) is 22.4. The van der Waals surface area contributed by atoms with Crippen molar-refractivity contribution in [2.75, 3.05) is 46.3 Å². The van der Waals surface area contributed by atoms with Crippen molar-refractivity contribution in [2.45, 2.75) is 18.9 Å². The van der Waals surface area contributed by atoms with Crippen molar-refractivity contribution < 1.29 is 23.8 Å². The monoisotopic (exact) mass is 427 g/mol. The summed E-state index contributed by atoms with van der Waals surface area (Å²) in [6.07, 6.45) is 1.60. The van der Waals surface area contributed by atoms with E-state index in [2.05, 4.69) is 15.5 Å². The van der Waals surface area contributed by atoms with Crippen LogP contribution in [0.3, 0.4) is 0 Å². The summed E-state index contributed by atoms with van der Waals surface area (Å²) in [7, 11) is 4.60. The van der Waals surface area contributed by atoms with Gasteiger partial charge in [0.05, 0.1) is 27.9 Å². The van der Waals surface area contributed by atoms with Gasteiger partial charge in [-0.05, 0) is 25.0 Å². The SMILES string of the molecule is COc1cc(NC(=O)CN2CCC(NC(=O)c3ccccc3)CC2)cc(OC)c1OC. The van der Waals surface area contributed by atoms with Crippen LogP contribution < -0.4 is 24.8 Å². The zero-order valence-electron chi connectivity index (χ0n) is 18.1. The van der Waals surface area contributed by atoms with Crippen molar-refractivity contribution in [2.24, 2.45) is 0 Å². The van der Waals surface area contributed by atoms with Gasteiger partial charge in [0.1, 0.15) is 0 Å². The Morgan fingerprint density at radius 2 is 1.58 bits per heavy atom. The predicted molar refractivity (Wildman–Crippen MR) is 118 cm³/mol. The number of anilines is 1. The van der Waals surface area contributed by atoms with E-state index < -0.39 is 0 Å².